The van der Waals surface area contributed by atoms with Crippen molar-refractivity contribution in [2.24, 2.45) is 0 Å². The molecule has 0 N–H and O–H groups in total. The van der Waals surface area contributed by atoms with Crippen molar-refractivity contribution in [2.75, 3.05) is 14.2 Å². The second-order valence-electron chi connectivity index (χ2n) is 6.12. The van der Waals surface area contributed by atoms with E-state index in [1.54, 1.807) is 14.2 Å². The number of ether oxygens (including phenoxy) is 2. The van der Waals surface area contributed by atoms with Crippen LogP contribution < -0.4 is 9.47 Å². The van der Waals surface area contributed by atoms with Crippen LogP contribution in [0.3, 0.4) is 0 Å². The molecule has 0 aliphatic rings. The molecule has 2 heteroatoms. The molecule has 0 bridgehead atoms. The first-order valence-corrected chi connectivity index (χ1v) is 8.62. The number of hydrogen-bond acceptors (Lipinski definition) is 2. The lowest BCUT2D eigenvalue weighted by Crippen LogP contribution is -1.94. The van der Waals surface area contributed by atoms with E-state index in [0.717, 1.165) is 44.5 Å². The zero-order chi connectivity index (χ0) is 17.9. The summed E-state index contributed by atoms with van der Waals surface area (Å²) in [5.41, 5.74) is 4.43. The molecule has 0 saturated heterocycles. The summed E-state index contributed by atoms with van der Waals surface area (Å²) in [6, 6.07) is 29.0. The van der Waals surface area contributed by atoms with Crippen LogP contribution in [0.15, 0.2) is 84.9 Å². The Morgan fingerprint density at radius 2 is 0.846 bits per heavy atom. The fraction of sp³-hybridized carbons (Fsp3) is 0.0833. The van der Waals surface area contributed by atoms with E-state index in [0.29, 0.717) is 0 Å². The number of rotatable bonds is 4. The molecule has 0 amide bonds. The normalized spacial score (nSPS) is 10.7. The van der Waals surface area contributed by atoms with Gasteiger partial charge in [-0.1, -0.05) is 60.7 Å². The van der Waals surface area contributed by atoms with Gasteiger partial charge in [0, 0.05) is 21.9 Å². The van der Waals surface area contributed by atoms with Gasteiger partial charge in [-0.25, -0.2) is 0 Å². The summed E-state index contributed by atoms with van der Waals surface area (Å²) in [4.78, 5) is 0. The van der Waals surface area contributed by atoms with E-state index < -0.39 is 0 Å². The largest absolute Gasteiger partial charge is 0.495 e. The van der Waals surface area contributed by atoms with E-state index in [1.807, 2.05) is 36.4 Å². The van der Waals surface area contributed by atoms with E-state index in [9.17, 15) is 0 Å². The highest BCUT2D eigenvalue weighted by Gasteiger charge is 2.16. The van der Waals surface area contributed by atoms with Crippen molar-refractivity contribution in [1.82, 2.24) is 0 Å². The molecule has 0 fully saturated rings. The molecule has 0 aliphatic heterocycles. The predicted molar refractivity (Wildman–Crippen MR) is 108 cm³/mol. The molecule has 0 saturated carbocycles. The van der Waals surface area contributed by atoms with Gasteiger partial charge < -0.3 is 9.47 Å². The Hall–Kier alpha value is -3.26. The lowest BCUT2D eigenvalue weighted by atomic mass is 9.95. The molecule has 26 heavy (non-hydrogen) atoms. The summed E-state index contributed by atoms with van der Waals surface area (Å²) in [6.45, 7) is 0. The van der Waals surface area contributed by atoms with Crippen LogP contribution in [0.5, 0.6) is 11.5 Å². The van der Waals surface area contributed by atoms with Crippen LogP contribution in [0.2, 0.25) is 0 Å². The summed E-state index contributed by atoms with van der Waals surface area (Å²) < 4.78 is 11.6. The molecule has 0 heterocycles. The van der Waals surface area contributed by atoms with E-state index >= 15 is 0 Å². The van der Waals surface area contributed by atoms with Crippen molar-refractivity contribution in [2.45, 2.75) is 0 Å². The minimum absolute atomic E-state index is 0.867. The van der Waals surface area contributed by atoms with Crippen molar-refractivity contribution >= 4 is 10.8 Å². The number of methoxy groups -OCH3 is 2. The zero-order valence-electron chi connectivity index (χ0n) is 14.9. The van der Waals surface area contributed by atoms with Crippen LogP contribution in [-0.4, -0.2) is 14.2 Å². The van der Waals surface area contributed by atoms with Crippen molar-refractivity contribution in [3.8, 4) is 33.8 Å². The molecule has 4 aromatic rings. The second kappa shape index (κ2) is 6.93. The van der Waals surface area contributed by atoms with Crippen LogP contribution in [0.25, 0.3) is 33.0 Å². The summed E-state index contributed by atoms with van der Waals surface area (Å²) in [5.74, 6) is 1.73. The van der Waals surface area contributed by atoms with Crippen LogP contribution in [0.1, 0.15) is 0 Å². The minimum atomic E-state index is 0.867. The van der Waals surface area contributed by atoms with Gasteiger partial charge in [0.2, 0.25) is 0 Å². The third-order valence-electron chi connectivity index (χ3n) is 4.68. The highest BCUT2D eigenvalue weighted by Crippen LogP contribution is 2.43. The number of benzene rings is 4. The smallest absolute Gasteiger partial charge is 0.134 e. The minimum Gasteiger partial charge on any atom is -0.495 e. The molecule has 0 unspecified atom stereocenters. The maximum atomic E-state index is 5.80. The van der Waals surface area contributed by atoms with Gasteiger partial charge in [-0.05, 0) is 35.4 Å². The van der Waals surface area contributed by atoms with Crippen molar-refractivity contribution in [1.29, 1.82) is 0 Å². The maximum Gasteiger partial charge on any atom is 0.134 e. The summed E-state index contributed by atoms with van der Waals surface area (Å²) in [6.07, 6.45) is 0. The first-order chi connectivity index (χ1) is 12.8. The fourth-order valence-electron chi connectivity index (χ4n) is 3.48. The van der Waals surface area contributed by atoms with Crippen molar-refractivity contribution in [3.05, 3.63) is 84.9 Å². The first kappa shape index (κ1) is 16.2. The molecule has 2 nitrogen and oxygen atoms in total. The average molecular weight is 340 g/mol. The van der Waals surface area contributed by atoms with Gasteiger partial charge in [0.05, 0.1) is 14.2 Å². The third-order valence-corrected chi connectivity index (χ3v) is 4.68. The fourth-order valence-corrected chi connectivity index (χ4v) is 3.48. The molecule has 0 aliphatic carbocycles. The van der Waals surface area contributed by atoms with Gasteiger partial charge in [0.1, 0.15) is 11.5 Å². The van der Waals surface area contributed by atoms with Gasteiger partial charge in [0.15, 0.2) is 0 Å². The Morgan fingerprint density at radius 1 is 0.462 bits per heavy atom. The van der Waals surface area contributed by atoms with Crippen LogP contribution >= 0.6 is 0 Å². The monoisotopic (exact) mass is 340 g/mol. The quantitative estimate of drug-likeness (QED) is 0.441. The molecule has 128 valence electrons. The molecule has 4 aromatic carbocycles. The lowest BCUT2D eigenvalue weighted by Gasteiger charge is -2.16. The van der Waals surface area contributed by atoms with Crippen LogP contribution in [0.4, 0.5) is 0 Å². The maximum absolute atomic E-state index is 5.80. The van der Waals surface area contributed by atoms with Crippen LogP contribution in [0, 0.1) is 0 Å². The lowest BCUT2D eigenvalue weighted by molar-refractivity contribution is 0.417. The van der Waals surface area contributed by atoms with Crippen molar-refractivity contribution < 1.29 is 9.47 Å². The highest BCUT2D eigenvalue weighted by atomic mass is 16.5. The standard InChI is InChI=1S/C24H20O2/c1-25-23-19(17-9-5-3-6-10-17)13-16-22-21(23)15-14-20(24(22)26-2)18-11-7-4-8-12-18/h3-16H,1-2H3. The van der Waals surface area contributed by atoms with Gasteiger partial charge in [-0.15, -0.1) is 0 Å². The summed E-state index contributed by atoms with van der Waals surface area (Å²) in [5, 5.41) is 2.09. The van der Waals surface area contributed by atoms with Gasteiger partial charge in [-0.2, -0.15) is 0 Å². The van der Waals surface area contributed by atoms with Gasteiger partial charge in [-0.3, -0.25) is 0 Å². The van der Waals surface area contributed by atoms with E-state index in [2.05, 4.69) is 48.5 Å². The highest BCUT2D eigenvalue weighted by molar-refractivity contribution is 6.02. The molecule has 4 rings (SSSR count). The SMILES string of the molecule is COc1c(-c2ccccc2)ccc2c(OC)c(-c3ccccc3)ccc12. The second-order valence-corrected chi connectivity index (χ2v) is 6.12. The number of fused-ring (bicyclic) bond motifs is 1. The number of hydrogen-bond donors (Lipinski definition) is 0. The molecular weight excluding hydrogens is 320 g/mol. The van der Waals surface area contributed by atoms with E-state index in [4.69, 9.17) is 9.47 Å². The summed E-state index contributed by atoms with van der Waals surface area (Å²) in [7, 11) is 3.44. The van der Waals surface area contributed by atoms with E-state index in [-0.39, 0.29) is 0 Å². The van der Waals surface area contributed by atoms with Crippen LogP contribution in [-0.2, 0) is 0 Å². The Morgan fingerprint density at radius 3 is 1.19 bits per heavy atom. The Labute approximate surface area is 153 Å². The molecule has 0 atom stereocenters. The average Bonchev–Trinajstić information content (AvgIpc) is 2.73. The summed E-state index contributed by atoms with van der Waals surface area (Å²) >= 11 is 0. The topological polar surface area (TPSA) is 18.5 Å². The predicted octanol–water partition coefficient (Wildman–Crippen LogP) is 6.19. The third kappa shape index (κ3) is 2.70. The first-order valence-electron chi connectivity index (χ1n) is 8.62. The van der Waals surface area contributed by atoms with Gasteiger partial charge in [0.25, 0.3) is 0 Å². The molecular formula is C24H20O2. The van der Waals surface area contributed by atoms with E-state index in [1.165, 1.54) is 0 Å². The Bertz CT molecular complexity index is 951. The van der Waals surface area contributed by atoms with Gasteiger partial charge >= 0.3 is 0 Å². The Balaban J connectivity index is 1.98. The van der Waals surface area contributed by atoms with Crippen molar-refractivity contribution in [3.63, 3.8) is 0 Å². The Kier molecular flexibility index (Phi) is 4.32. The molecule has 0 radical (unpaired) electrons. The zero-order valence-corrected chi connectivity index (χ0v) is 14.9. The molecule has 0 aromatic heterocycles. The molecule has 0 spiro atoms.